The zero-order valence-corrected chi connectivity index (χ0v) is 14.9. The van der Waals surface area contributed by atoms with Gasteiger partial charge in [0.05, 0.1) is 0 Å². The molecular weight excluding hydrogens is 288 g/mol. The predicted octanol–water partition coefficient (Wildman–Crippen LogP) is 6.40. The second-order valence-corrected chi connectivity index (χ2v) is 5.56. The lowest BCUT2D eigenvalue weighted by molar-refractivity contribution is 1.46. The van der Waals surface area contributed by atoms with E-state index in [1.807, 2.05) is 13.8 Å². The molecule has 0 aliphatic rings. The lowest BCUT2D eigenvalue weighted by atomic mass is 10.0. The number of benzene rings is 3. The first-order valence-electron chi connectivity index (χ1n) is 8.46. The molecule has 0 nitrogen and oxygen atoms in total. The molecular formula is C24H24. The second-order valence-electron chi connectivity index (χ2n) is 5.56. The van der Waals surface area contributed by atoms with E-state index in [-0.39, 0.29) is 0 Å². The van der Waals surface area contributed by atoms with Gasteiger partial charge in [0.2, 0.25) is 0 Å². The van der Waals surface area contributed by atoms with E-state index in [2.05, 4.69) is 98.5 Å². The maximum atomic E-state index is 3.22. The van der Waals surface area contributed by atoms with Gasteiger partial charge in [-0.25, -0.2) is 0 Å². The monoisotopic (exact) mass is 312 g/mol. The van der Waals surface area contributed by atoms with Gasteiger partial charge in [0.15, 0.2) is 0 Å². The quantitative estimate of drug-likeness (QED) is 0.456. The van der Waals surface area contributed by atoms with E-state index < -0.39 is 0 Å². The summed E-state index contributed by atoms with van der Waals surface area (Å²) in [5.41, 5.74) is 7.09. The molecule has 0 bridgehead atoms. The molecule has 0 amide bonds. The van der Waals surface area contributed by atoms with E-state index >= 15 is 0 Å². The van der Waals surface area contributed by atoms with Crippen molar-refractivity contribution in [3.05, 3.63) is 95.1 Å². The second kappa shape index (κ2) is 8.75. The third-order valence-electron chi connectivity index (χ3n) is 3.67. The summed E-state index contributed by atoms with van der Waals surface area (Å²) in [6, 6.07) is 25.3. The summed E-state index contributed by atoms with van der Waals surface area (Å²) in [5.74, 6) is 6.42. The molecule has 0 saturated heterocycles. The molecule has 0 heteroatoms. The summed E-state index contributed by atoms with van der Waals surface area (Å²) < 4.78 is 0. The minimum atomic E-state index is 1.04. The molecule has 3 rings (SSSR count). The van der Waals surface area contributed by atoms with Crippen LogP contribution in [0, 0.1) is 25.7 Å². The van der Waals surface area contributed by atoms with Gasteiger partial charge in [0, 0.05) is 11.1 Å². The van der Waals surface area contributed by atoms with Crippen molar-refractivity contribution in [1.29, 1.82) is 0 Å². The van der Waals surface area contributed by atoms with Gasteiger partial charge in [-0.1, -0.05) is 85.3 Å². The molecule has 0 aliphatic heterocycles. The van der Waals surface area contributed by atoms with Gasteiger partial charge in [0.25, 0.3) is 0 Å². The zero-order valence-electron chi connectivity index (χ0n) is 14.9. The summed E-state index contributed by atoms with van der Waals surface area (Å²) >= 11 is 0. The standard InChI is InChI=1S/C22H18.C2H6/c1-17-3-7-19(8-4-17)9-10-20-11-15-22(16-12-20)21-13-5-18(2)6-14-21;1-2/h3-8,11-16H,1-2H3;1-2H3. The fraction of sp³-hybridized carbons (Fsp3) is 0.167. The van der Waals surface area contributed by atoms with Crippen molar-refractivity contribution in [1.82, 2.24) is 0 Å². The summed E-state index contributed by atoms with van der Waals surface area (Å²) in [4.78, 5) is 0. The van der Waals surface area contributed by atoms with E-state index in [1.54, 1.807) is 0 Å². The Labute approximate surface area is 146 Å². The van der Waals surface area contributed by atoms with Gasteiger partial charge in [-0.05, 0) is 49.2 Å². The zero-order chi connectivity index (χ0) is 17.4. The average molecular weight is 312 g/mol. The van der Waals surface area contributed by atoms with Crippen molar-refractivity contribution >= 4 is 0 Å². The number of rotatable bonds is 1. The molecule has 3 aromatic rings. The fourth-order valence-corrected chi connectivity index (χ4v) is 2.27. The van der Waals surface area contributed by atoms with Gasteiger partial charge in [-0.3, -0.25) is 0 Å². The van der Waals surface area contributed by atoms with Crippen molar-refractivity contribution < 1.29 is 0 Å². The molecule has 0 saturated carbocycles. The number of aryl methyl sites for hydroxylation is 2. The molecule has 0 atom stereocenters. The Morgan fingerprint density at radius 2 is 0.750 bits per heavy atom. The van der Waals surface area contributed by atoms with Crippen LogP contribution in [-0.4, -0.2) is 0 Å². The van der Waals surface area contributed by atoms with Gasteiger partial charge in [-0.2, -0.15) is 0 Å². The first-order chi connectivity index (χ1) is 11.7. The Kier molecular flexibility index (Phi) is 6.41. The minimum absolute atomic E-state index is 1.04. The highest BCUT2D eigenvalue weighted by Gasteiger charge is 1.97. The molecule has 0 heterocycles. The molecule has 24 heavy (non-hydrogen) atoms. The van der Waals surface area contributed by atoms with E-state index in [4.69, 9.17) is 0 Å². The Balaban J connectivity index is 0.00000100. The Bertz CT molecular complexity index is 808. The van der Waals surface area contributed by atoms with E-state index in [9.17, 15) is 0 Å². The van der Waals surface area contributed by atoms with Crippen LogP contribution in [-0.2, 0) is 0 Å². The number of hydrogen-bond acceptors (Lipinski definition) is 0. The van der Waals surface area contributed by atoms with Crippen LogP contribution in [0.5, 0.6) is 0 Å². The van der Waals surface area contributed by atoms with Crippen LogP contribution in [0.2, 0.25) is 0 Å². The highest BCUT2D eigenvalue weighted by Crippen LogP contribution is 2.20. The highest BCUT2D eigenvalue weighted by atomic mass is 14.0. The van der Waals surface area contributed by atoms with Crippen LogP contribution in [0.1, 0.15) is 36.1 Å². The maximum Gasteiger partial charge on any atom is 0.0249 e. The Morgan fingerprint density at radius 3 is 1.17 bits per heavy atom. The van der Waals surface area contributed by atoms with Crippen molar-refractivity contribution in [3.8, 4) is 23.0 Å². The molecule has 0 unspecified atom stereocenters. The third-order valence-corrected chi connectivity index (χ3v) is 3.67. The lowest BCUT2D eigenvalue weighted by Gasteiger charge is -2.02. The Hall–Kier alpha value is -2.78. The van der Waals surface area contributed by atoms with E-state index in [1.165, 1.54) is 22.3 Å². The van der Waals surface area contributed by atoms with Crippen LogP contribution < -0.4 is 0 Å². The molecule has 120 valence electrons. The van der Waals surface area contributed by atoms with Crippen LogP contribution >= 0.6 is 0 Å². The normalized spacial score (nSPS) is 9.33. The van der Waals surface area contributed by atoms with Crippen LogP contribution in [0.15, 0.2) is 72.8 Å². The molecule has 0 aromatic heterocycles. The van der Waals surface area contributed by atoms with Gasteiger partial charge >= 0.3 is 0 Å². The first-order valence-corrected chi connectivity index (χ1v) is 8.46. The summed E-state index contributed by atoms with van der Waals surface area (Å²) in [7, 11) is 0. The summed E-state index contributed by atoms with van der Waals surface area (Å²) in [6.07, 6.45) is 0. The highest BCUT2D eigenvalue weighted by molar-refractivity contribution is 5.64. The Morgan fingerprint density at radius 1 is 0.458 bits per heavy atom. The van der Waals surface area contributed by atoms with Gasteiger partial charge < -0.3 is 0 Å². The largest absolute Gasteiger partial charge is 0.0683 e. The molecule has 0 fully saturated rings. The van der Waals surface area contributed by atoms with Crippen molar-refractivity contribution in [2.75, 3.05) is 0 Å². The molecule has 0 radical (unpaired) electrons. The van der Waals surface area contributed by atoms with Crippen molar-refractivity contribution in [2.45, 2.75) is 27.7 Å². The molecule has 0 aliphatic carbocycles. The van der Waals surface area contributed by atoms with E-state index in [0.717, 1.165) is 11.1 Å². The van der Waals surface area contributed by atoms with Crippen LogP contribution in [0.3, 0.4) is 0 Å². The minimum Gasteiger partial charge on any atom is -0.0683 e. The smallest absolute Gasteiger partial charge is 0.0249 e. The molecule has 0 spiro atoms. The van der Waals surface area contributed by atoms with Gasteiger partial charge in [0.1, 0.15) is 0 Å². The third kappa shape index (κ3) is 4.86. The lowest BCUT2D eigenvalue weighted by Crippen LogP contribution is -1.80. The average Bonchev–Trinajstić information content (AvgIpc) is 2.64. The SMILES string of the molecule is CC.Cc1ccc(C#Cc2ccc(-c3ccc(C)cc3)cc2)cc1. The summed E-state index contributed by atoms with van der Waals surface area (Å²) in [5, 5.41) is 0. The molecule has 3 aromatic carbocycles. The van der Waals surface area contributed by atoms with Crippen LogP contribution in [0.25, 0.3) is 11.1 Å². The van der Waals surface area contributed by atoms with Crippen molar-refractivity contribution in [3.63, 3.8) is 0 Å². The number of hydrogen-bond donors (Lipinski definition) is 0. The van der Waals surface area contributed by atoms with E-state index in [0.29, 0.717) is 0 Å². The summed E-state index contributed by atoms with van der Waals surface area (Å²) in [6.45, 7) is 8.19. The maximum absolute atomic E-state index is 3.22. The topological polar surface area (TPSA) is 0 Å². The van der Waals surface area contributed by atoms with Crippen molar-refractivity contribution in [2.24, 2.45) is 0 Å². The fourth-order valence-electron chi connectivity index (χ4n) is 2.27. The molecule has 0 N–H and O–H groups in total. The predicted molar refractivity (Wildman–Crippen MR) is 105 cm³/mol. The first kappa shape index (κ1) is 17.6. The van der Waals surface area contributed by atoms with Gasteiger partial charge in [-0.15, -0.1) is 0 Å². The van der Waals surface area contributed by atoms with Crippen LogP contribution in [0.4, 0.5) is 0 Å².